The molecule has 0 aliphatic carbocycles. The lowest BCUT2D eigenvalue weighted by Gasteiger charge is -2.34. The summed E-state index contributed by atoms with van der Waals surface area (Å²) in [5.74, 6) is 0.381. The molecule has 1 aliphatic heterocycles. The Balaban J connectivity index is 1.84. The summed E-state index contributed by atoms with van der Waals surface area (Å²) < 4.78 is 13.2. The van der Waals surface area contributed by atoms with E-state index in [0.29, 0.717) is 18.8 Å². The number of nitrogens with zero attached hydrogens (tertiary/aromatic N) is 3. The van der Waals surface area contributed by atoms with Crippen LogP contribution in [-0.4, -0.2) is 31.2 Å². The van der Waals surface area contributed by atoms with Crippen LogP contribution in [0.3, 0.4) is 0 Å². The van der Waals surface area contributed by atoms with Gasteiger partial charge in [-0.2, -0.15) is 0 Å². The van der Waals surface area contributed by atoms with E-state index in [-0.39, 0.29) is 11.8 Å². The number of nitrogens with one attached hydrogen (secondary N) is 1. The summed E-state index contributed by atoms with van der Waals surface area (Å²) in [6.45, 7) is 1.25. The van der Waals surface area contributed by atoms with E-state index in [1.54, 1.807) is 29.3 Å². The molecule has 3 rings (SSSR count). The molecule has 6 heteroatoms. The minimum Gasteiger partial charge on any atom is -0.356 e. The second-order valence-corrected chi connectivity index (χ2v) is 4.86. The number of hydrogen-bond donors (Lipinski definition) is 1. The molecule has 2 amide bonds. The predicted octanol–water partition coefficient (Wildman–Crippen LogP) is 2.71. The fraction of sp³-hybridized carbons (Fsp3) is 0.200. The molecule has 5 nitrogen and oxygen atoms in total. The quantitative estimate of drug-likeness (QED) is 0.877. The van der Waals surface area contributed by atoms with Crippen molar-refractivity contribution in [1.82, 2.24) is 4.98 Å². The molecule has 0 atom stereocenters. The van der Waals surface area contributed by atoms with Gasteiger partial charge in [-0.05, 0) is 30.3 Å². The zero-order valence-electron chi connectivity index (χ0n) is 11.6. The lowest BCUT2D eigenvalue weighted by atomic mass is 10.2. The standard InChI is InChI=1S/C15H15FN4O/c1-19-8-9-20(13-6-3-7-17-14(13)19)15(21)18-12-5-2-4-11(16)10-12/h2-7,10H,8-9H2,1H3,(H,18,21). The minimum absolute atomic E-state index is 0.289. The van der Waals surface area contributed by atoms with Gasteiger partial charge < -0.3 is 10.2 Å². The van der Waals surface area contributed by atoms with Crippen molar-refractivity contribution in [2.24, 2.45) is 0 Å². The Hall–Kier alpha value is -2.63. The van der Waals surface area contributed by atoms with Gasteiger partial charge in [-0.25, -0.2) is 14.2 Å². The van der Waals surface area contributed by atoms with E-state index < -0.39 is 0 Å². The van der Waals surface area contributed by atoms with E-state index >= 15 is 0 Å². The Bertz CT molecular complexity index is 676. The van der Waals surface area contributed by atoms with Crippen LogP contribution in [0.2, 0.25) is 0 Å². The first-order valence-electron chi connectivity index (χ1n) is 6.65. The van der Waals surface area contributed by atoms with Crippen molar-refractivity contribution >= 4 is 23.2 Å². The van der Waals surface area contributed by atoms with Gasteiger partial charge in [-0.1, -0.05) is 6.07 Å². The van der Waals surface area contributed by atoms with E-state index in [0.717, 1.165) is 11.5 Å². The van der Waals surface area contributed by atoms with Crippen molar-refractivity contribution in [2.45, 2.75) is 0 Å². The van der Waals surface area contributed by atoms with Crippen LogP contribution in [0.1, 0.15) is 0 Å². The van der Waals surface area contributed by atoms with Gasteiger partial charge in [0.15, 0.2) is 5.82 Å². The summed E-state index contributed by atoms with van der Waals surface area (Å²) in [5.41, 5.74) is 1.18. The average Bonchev–Trinajstić information content (AvgIpc) is 2.48. The lowest BCUT2D eigenvalue weighted by Crippen LogP contribution is -2.45. The van der Waals surface area contributed by atoms with E-state index in [4.69, 9.17) is 0 Å². The molecule has 108 valence electrons. The number of carbonyl (C=O) groups excluding carboxylic acids is 1. The summed E-state index contributed by atoms with van der Waals surface area (Å²) in [7, 11) is 1.94. The Morgan fingerprint density at radius 3 is 2.95 bits per heavy atom. The molecule has 1 aliphatic rings. The molecule has 1 aromatic carbocycles. The van der Waals surface area contributed by atoms with Crippen LogP contribution in [-0.2, 0) is 0 Å². The molecule has 0 saturated heterocycles. The van der Waals surface area contributed by atoms with Gasteiger partial charge in [-0.3, -0.25) is 4.90 Å². The lowest BCUT2D eigenvalue weighted by molar-refractivity contribution is 0.257. The molecule has 2 heterocycles. The summed E-state index contributed by atoms with van der Waals surface area (Å²) in [6.07, 6.45) is 1.70. The second-order valence-electron chi connectivity index (χ2n) is 4.86. The predicted molar refractivity (Wildman–Crippen MR) is 80.3 cm³/mol. The smallest absolute Gasteiger partial charge is 0.326 e. The van der Waals surface area contributed by atoms with Crippen molar-refractivity contribution in [3.63, 3.8) is 0 Å². The fourth-order valence-electron chi connectivity index (χ4n) is 2.34. The van der Waals surface area contributed by atoms with Crippen molar-refractivity contribution in [3.05, 3.63) is 48.4 Å². The molecule has 1 aromatic heterocycles. The van der Waals surface area contributed by atoms with Crippen molar-refractivity contribution in [3.8, 4) is 0 Å². The van der Waals surface area contributed by atoms with Crippen LogP contribution in [0.5, 0.6) is 0 Å². The van der Waals surface area contributed by atoms with Crippen LogP contribution in [0.4, 0.5) is 26.4 Å². The SMILES string of the molecule is CN1CCN(C(=O)Nc2cccc(F)c2)c2cccnc21. The minimum atomic E-state index is -0.381. The monoisotopic (exact) mass is 286 g/mol. The van der Waals surface area contributed by atoms with Gasteiger partial charge in [0.05, 0.1) is 5.69 Å². The number of urea groups is 1. The van der Waals surface area contributed by atoms with Gasteiger partial charge >= 0.3 is 6.03 Å². The number of benzene rings is 1. The largest absolute Gasteiger partial charge is 0.356 e. The topological polar surface area (TPSA) is 48.5 Å². The van der Waals surface area contributed by atoms with E-state index in [1.165, 1.54) is 12.1 Å². The Morgan fingerprint density at radius 2 is 2.14 bits per heavy atom. The first-order chi connectivity index (χ1) is 10.1. The molecule has 0 spiro atoms. The number of fused-ring (bicyclic) bond motifs is 1. The van der Waals surface area contributed by atoms with Gasteiger partial charge in [0.25, 0.3) is 0 Å². The van der Waals surface area contributed by atoms with Crippen molar-refractivity contribution < 1.29 is 9.18 Å². The summed E-state index contributed by atoms with van der Waals surface area (Å²) in [6, 6.07) is 9.20. The van der Waals surface area contributed by atoms with Gasteiger partial charge in [0.2, 0.25) is 0 Å². The number of halogens is 1. The summed E-state index contributed by atoms with van der Waals surface area (Å²) >= 11 is 0. The average molecular weight is 286 g/mol. The zero-order chi connectivity index (χ0) is 14.8. The number of aromatic nitrogens is 1. The molecular formula is C15H15FN4O. The Morgan fingerprint density at radius 1 is 1.29 bits per heavy atom. The van der Waals surface area contributed by atoms with Crippen LogP contribution in [0.15, 0.2) is 42.6 Å². The molecule has 21 heavy (non-hydrogen) atoms. The highest BCUT2D eigenvalue weighted by molar-refractivity contribution is 6.04. The number of anilines is 3. The maximum absolute atomic E-state index is 13.2. The van der Waals surface area contributed by atoms with Gasteiger partial charge in [0, 0.05) is 32.0 Å². The molecule has 0 fully saturated rings. The first kappa shape index (κ1) is 13.4. The third kappa shape index (κ3) is 2.65. The van der Waals surface area contributed by atoms with Gasteiger partial charge in [-0.15, -0.1) is 0 Å². The van der Waals surface area contributed by atoms with Crippen molar-refractivity contribution in [1.29, 1.82) is 0 Å². The highest BCUT2D eigenvalue weighted by Gasteiger charge is 2.25. The van der Waals surface area contributed by atoms with Crippen LogP contribution in [0, 0.1) is 5.82 Å². The normalized spacial score (nSPS) is 13.8. The van der Waals surface area contributed by atoms with E-state index in [2.05, 4.69) is 10.3 Å². The van der Waals surface area contributed by atoms with Gasteiger partial charge in [0.1, 0.15) is 5.82 Å². The maximum Gasteiger partial charge on any atom is 0.326 e. The number of carbonyl (C=O) groups is 1. The number of pyridine rings is 1. The van der Waals surface area contributed by atoms with Crippen LogP contribution in [0.25, 0.3) is 0 Å². The zero-order valence-corrected chi connectivity index (χ0v) is 11.6. The van der Waals surface area contributed by atoms with Crippen LogP contribution < -0.4 is 15.1 Å². The Labute approximate surface area is 122 Å². The number of rotatable bonds is 1. The van der Waals surface area contributed by atoms with E-state index in [9.17, 15) is 9.18 Å². The third-order valence-electron chi connectivity index (χ3n) is 3.40. The first-order valence-corrected chi connectivity index (χ1v) is 6.65. The number of hydrogen-bond acceptors (Lipinski definition) is 3. The molecule has 0 bridgehead atoms. The molecular weight excluding hydrogens is 271 g/mol. The molecule has 0 saturated carbocycles. The second kappa shape index (κ2) is 5.40. The third-order valence-corrected chi connectivity index (χ3v) is 3.40. The maximum atomic E-state index is 13.2. The number of likely N-dealkylation sites (N-methyl/N-ethyl adjacent to an activating group) is 1. The number of amides is 2. The highest BCUT2D eigenvalue weighted by atomic mass is 19.1. The molecule has 1 N–H and O–H groups in total. The summed E-state index contributed by atoms with van der Waals surface area (Å²) in [4.78, 5) is 20.3. The molecule has 0 radical (unpaired) electrons. The fourth-order valence-corrected chi connectivity index (χ4v) is 2.34. The van der Waals surface area contributed by atoms with Crippen LogP contribution >= 0.6 is 0 Å². The molecule has 2 aromatic rings. The van der Waals surface area contributed by atoms with E-state index in [1.807, 2.05) is 18.0 Å². The molecule has 0 unspecified atom stereocenters. The van der Waals surface area contributed by atoms with Crippen molar-refractivity contribution in [2.75, 3.05) is 35.3 Å². The summed E-state index contributed by atoms with van der Waals surface area (Å²) in [5, 5.41) is 2.71. The Kier molecular flexibility index (Phi) is 3.43. The highest BCUT2D eigenvalue weighted by Crippen LogP contribution is 2.29.